The van der Waals surface area contributed by atoms with Gasteiger partial charge in [-0.15, -0.1) is 0 Å². The van der Waals surface area contributed by atoms with Crippen molar-refractivity contribution in [3.8, 4) is 18.2 Å². The number of likely N-dealkylation sites (tertiary alicyclic amines) is 2. The number of piperidine rings is 3. The van der Waals surface area contributed by atoms with Crippen LogP contribution in [0, 0.1) is 108 Å². The van der Waals surface area contributed by atoms with Gasteiger partial charge in [-0.25, -0.2) is 0 Å². The van der Waals surface area contributed by atoms with Gasteiger partial charge < -0.3 is 58.4 Å². The van der Waals surface area contributed by atoms with Crippen molar-refractivity contribution in [2.45, 2.75) is 69.9 Å². The van der Waals surface area contributed by atoms with E-state index in [1.165, 1.54) is 32.4 Å². The van der Waals surface area contributed by atoms with E-state index in [4.69, 9.17) is 33.0 Å². The van der Waals surface area contributed by atoms with Crippen molar-refractivity contribution in [2.24, 2.45) is 23.5 Å². The minimum absolute atomic E-state index is 0. The quantitative estimate of drug-likeness (QED) is 0.152. The molecule has 0 aromatic heterocycles. The van der Waals surface area contributed by atoms with Crippen LogP contribution in [-0.4, -0.2) is 162 Å². The predicted octanol–water partition coefficient (Wildman–Crippen LogP) is 0.468. The smallest absolute Gasteiger partial charge is 0.512 e. The van der Waals surface area contributed by atoms with Gasteiger partial charge in [-0.2, -0.15) is 15.8 Å². The van der Waals surface area contributed by atoms with Gasteiger partial charge >= 0.3 is 29.6 Å². The van der Waals surface area contributed by atoms with Gasteiger partial charge in [0.05, 0.1) is 33.8 Å². The van der Waals surface area contributed by atoms with Gasteiger partial charge in [0.2, 0.25) is 0 Å². The molecule has 6 heterocycles. The second kappa shape index (κ2) is 39.3. The van der Waals surface area contributed by atoms with E-state index < -0.39 is 0 Å². The fraction of sp³-hybridized carbons (Fsp3) is 0.566. The standard InChI is InChI=1S/C17H24N4.C17H23N3O.C12H12N2O.C5H11NO.CN.CH4O.Ac.B.Na.H2O/c18-11-14-5-8-21(13-14)16-6-9-20(10-7-16)17-4-2-1-3-15(17)12-19;18-11-15-3-1-2-4-17(15)19-9-6-16(7-10-19)20-8-5-14(12-20)13-21;13-9-10-3-1-2-4-12(10)14-7-5-11(15)6-8-14;7-4-5-1-2-6-3-5;2*1-2;;;;/h1-4,14,16H,5-11,13,18H2;1-4,14,16,21H,5-10,12-13H2;1-4H,5-8H2;5-7H,1-4H2;;2H,1H3;;;;1H2/q;;;;-1;;;;+1;. The van der Waals surface area contributed by atoms with Crippen LogP contribution in [0.15, 0.2) is 72.8 Å². The number of carbonyl (C=O) groups is 1. The van der Waals surface area contributed by atoms with Crippen LogP contribution < -0.4 is 55.3 Å². The number of hydrogen-bond acceptors (Lipinski definition) is 15. The normalized spacial score (nSPS) is 20.6. The number of aliphatic hydroxyl groups is 3. The zero-order valence-corrected chi connectivity index (χ0v) is 49.5. The van der Waals surface area contributed by atoms with Crippen LogP contribution in [0.25, 0.3) is 0 Å². The first-order valence-corrected chi connectivity index (χ1v) is 24.4. The van der Waals surface area contributed by atoms with E-state index in [2.05, 4.69) is 60.2 Å². The molecule has 6 aliphatic heterocycles. The number of nitrogens with two attached hydrogens (primary N) is 1. The molecule has 6 aliphatic rings. The molecule has 4 radical (unpaired) electrons. The maximum atomic E-state index is 11.1. The fourth-order valence-corrected chi connectivity index (χ4v) is 10.1. The Morgan fingerprint density at radius 2 is 0.958 bits per heavy atom. The number of hydrogen-bond donors (Lipinski definition) is 5. The fourth-order valence-electron chi connectivity index (χ4n) is 10.1. The molecule has 3 aromatic rings. The summed E-state index contributed by atoms with van der Waals surface area (Å²) in [6, 6.07) is 31.5. The molecule has 72 heavy (non-hydrogen) atoms. The van der Waals surface area contributed by atoms with E-state index in [1.807, 2.05) is 60.7 Å². The summed E-state index contributed by atoms with van der Waals surface area (Å²) >= 11 is 0. The summed E-state index contributed by atoms with van der Waals surface area (Å²) in [7, 11) is 1.00. The average molecular weight is 1210 g/mol. The Bertz CT molecular complexity index is 2000. The molecule has 0 saturated carbocycles. The Morgan fingerprint density at radius 3 is 1.26 bits per heavy atom. The maximum Gasteiger partial charge on any atom is 1.00 e. The molecule has 19 heteroatoms. The van der Waals surface area contributed by atoms with E-state index in [0.717, 1.165) is 133 Å². The molecule has 16 nitrogen and oxygen atoms in total. The van der Waals surface area contributed by atoms with E-state index >= 15 is 0 Å². The van der Waals surface area contributed by atoms with Crippen LogP contribution in [0.2, 0.25) is 0 Å². The first kappa shape index (κ1) is 68.9. The van der Waals surface area contributed by atoms with Crippen molar-refractivity contribution in [1.82, 2.24) is 15.1 Å². The molecule has 0 amide bonds. The summed E-state index contributed by atoms with van der Waals surface area (Å²) in [5, 5.41) is 61.6. The Balaban J connectivity index is 0.000000936. The van der Waals surface area contributed by atoms with Crippen molar-refractivity contribution in [2.75, 3.05) is 120 Å². The number of Topliss-reactive ketones (excluding diaryl/α,β-unsaturated/α-hetero) is 1. The van der Waals surface area contributed by atoms with Crippen LogP contribution in [0.3, 0.4) is 0 Å². The van der Waals surface area contributed by atoms with Crippen molar-refractivity contribution in [3.63, 3.8) is 0 Å². The monoisotopic (exact) mass is 1210 g/mol. The summed E-state index contributed by atoms with van der Waals surface area (Å²) in [4.78, 5) is 23.1. The predicted molar refractivity (Wildman–Crippen MR) is 276 cm³/mol. The molecule has 6 fully saturated rings. The molecule has 8 N–H and O–H groups in total. The van der Waals surface area contributed by atoms with Crippen LogP contribution >= 0.6 is 0 Å². The molecular formula is C53H76AcBN11NaO5. The summed E-state index contributed by atoms with van der Waals surface area (Å²) < 4.78 is 0. The van der Waals surface area contributed by atoms with E-state index in [1.54, 1.807) is 0 Å². The maximum absolute atomic E-state index is 11.1. The number of anilines is 3. The van der Waals surface area contributed by atoms with E-state index in [0.29, 0.717) is 67.2 Å². The average Bonchev–Trinajstić information content (AvgIpc) is 4.25. The third-order valence-corrected chi connectivity index (χ3v) is 14.0. The summed E-state index contributed by atoms with van der Waals surface area (Å²) in [5.41, 5.74) is 11.2. The van der Waals surface area contributed by atoms with Crippen LogP contribution in [0.5, 0.6) is 0 Å². The summed E-state index contributed by atoms with van der Waals surface area (Å²) in [6.07, 6.45) is 9.42. The molecule has 6 saturated heterocycles. The molecule has 3 atom stereocenters. The topological polar surface area (TPSA) is 259 Å². The molecule has 0 aliphatic carbocycles. The van der Waals surface area contributed by atoms with Gasteiger partial charge in [0.25, 0.3) is 0 Å². The second-order valence-corrected chi connectivity index (χ2v) is 18.1. The second-order valence-electron chi connectivity index (χ2n) is 18.1. The number of rotatable bonds is 8. The molecular weight excluding hydrogens is 1130 g/mol. The van der Waals surface area contributed by atoms with Gasteiger partial charge in [-0.3, -0.25) is 14.6 Å². The number of ketones is 1. The molecule has 0 bridgehead atoms. The number of nitriles is 3. The minimum atomic E-state index is 0. The van der Waals surface area contributed by atoms with Gasteiger partial charge in [0.15, 0.2) is 0 Å². The Kier molecular flexibility index (Phi) is 37.6. The molecule has 3 unspecified atom stereocenters. The number of nitrogens with one attached hydrogen (secondary N) is 1. The SMILES string of the molecule is CO.N#Cc1ccccc1N1CCC(=O)CC1.N#Cc1ccccc1N1CCC(N2CCC(CN)C2)CC1.N#Cc1ccccc1N1CCC(N2CCC(CO)C2)CC1.O.OCC1CCNC1.[Ac].[B].[C-]#N.[Na+]. The largest absolute Gasteiger partial charge is 1.00 e. The van der Waals surface area contributed by atoms with Crippen LogP contribution in [0.1, 0.15) is 74.5 Å². The third-order valence-electron chi connectivity index (χ3n) is 14.0. The number of para-hydroxylation sites is 3. The van der Waals surface area contributed by atoms with E-state index in [-0.39, 0.29) is 87.5 Å². The van der Waals surface area contributed by atoms with Crippen molar-refractivity contribution < 1.29 is 99.2 Å². The Morgan fingerprint density at radius 1 is 0.597 bits per heavy atom. The zero-order chi connectivity index (χ0) is 49.1. The summed E-state index contributed by atoms with van der Waals surface area (Å²) in [5.74, 6) is 2.03. The van der Waals surface area contributed by atoms with Crippen LogP contribution in [-0.2, 0) is 4.79 Å². The molecule has 3 aromatic carbocycles. The minimum Gasteiger partial charge on any atom is -0.512 e. The van der Waals surface area contributed by atoms with Crippen LogP contribution in [0.4, 0.5) is 17.1 Å². The van der Waals surface area contributed by atoms with Gasteiger partial charge in [-0.1, -0.05) is 36.4 Å². The first-order chi connectivity index (χ1) is 33.4. The number of carbonyl (C=O) groups excluding carboxylic acids is 1. The number of benzene rings is 3. The van der Waals surface area contributed by atoms with Gasteiger partial charge in [0, 0.05) is 157 Å². The van der Waals surface area contributed by atoms with Crippen molar-refractivity contribution in [3.05, 3.63) is 96.1 Å². The third kappa shape index (κ3) is 21.2. The van der Waals surface area contributed by atoms with Crippen molar-refractivity contribution in [1.29, 1.82) is 21.0 Å². The first-order valence-electron chi connectivity index (χ1n) is 24.4. The van der Waals surface area contributed by atoms with Gasteiger partial charge in [-0.05, 0) is 125 Å². The molecule has 9 rings (SSSR count). The number of aliphatic hydroxyl groups excluding tert-OH is 3. The van der Waals surface area contributed by atoms with E-state index in [9.17, 15) is 20.4 Å². The van der Waals surface area contributed by atoms with Crippen molar-refractivity contribution >= 4 is 31.3 Å². The summed E-state index contributed by atoms with van der Waals surface area (Å²) in [6.45, 7) is 18.5. The Labute approximate surface area is 489 Å². The molecule has 0 spiro atoms. The zero-order valence-electron chi connectivity index (χ0n) is 42.8. The van der Waals surface area contributed by atoms with Gasteiger partial charge in [0.1, 0.15) is 24.0 Å². The molecule has 380 valence electrons. The Hall–Kier alpha value is -3.12. The number of nitrogens with zero attached hydrogens (tertiary/aromatic N) is 9.